The second kappa shape index (κ2) is 25.4. The molecule has 266 valence electrons. The molecule has 2 atom stereocenters. The Kier molecular flexibility index (Phi) is 22.8. The number of nitrogens with zero attached hydrogens (tertiary/aromatic N) is 1. The van der Waals surface area contributed by atoms with Gasteiger partial charge in [-0.15, -0.1) is 0 Å². The third-order valence-corrected chi connectivity index (χ3v) is 11.2. The number of quaternary nitrogens is 1. The Morgan fingerprint density at radius 3 is 1.80 bits per heavy atom. The van der Waals surface area contributed by atoms with E-state index < -0.39 is 13.9 Å². The summed E-state index contributed by atoms with van der Waals surface area (Å²) in [4.78, 5) is 24.5. The number of carbonyl (C=O) groups excluding carboxylic acids is 1. The summed E-state index contributed by atoms with van der Waals surface area (Å²) in [5.74, 6) is 0.765. The van der Waals surface area contributed by atoms with E-state index in [1.807, 2.05) is 6.92 Å². The summed E-state index contributed by atoms with van der Waals surface area (Å²) in [6.45, 7) is 10.2. The van der Waals surface area contributed by atoms with Crippen molar-refractivity contribution in [3.63, 3.8) is 0 Å². The number of alkyl carbamates (subject to hydrolysis) is 1. The van der Waals surface area contributed by atoms with Crippen LogP contribution < -0.4 is 10.2 Å². The van der Waals surface area contributed by atoms with Crippen molar-refractivity contribution in [2.75, 3.05) is 52.5 Å². The number of hydrogen-bond acceptors (Lipinski definition) is 6. The van der Waals surface area contributed by atoms with Crippen molar-refractivity contribution in [1.29, 1.82) is 0 Å². The molecule has 3 fully saturated rings. The second-order valence-corrected chi connectivity index (χ2v) is 15.6. The summed E-state index contributed by atoms with van der Waals surface area (Å²) in [5, 5.41) is 2.83. The maximum atomic E-state index is 12.3. The summed E-state index contributed by atoms with van der Waals surface area (Å²) in [7, 11) is -4.37. The minimum Gasteiger partial charge on any atom is -0.756 e. The molecule has 3 aliphatic rings. The normalized spacial score (nSPS) is 21.4. The number of rotatable bonds is 30. The van der Waals surface area contributed by atoms with Gasteiger partial charge in [0.1, 0.15) is 0 Å². The van der Waals surface area contributed by atoms with Gasteiger partial charge in [-0.05, 0) is 50.9 Å². The summed E-state index contributed by atoms with van der Waals surface area (Å²) in [5.41, 5.74) is 0. The summed E-state index contributed by atoms with van der Waals surface area (Å²) < 4.78 is 29.2. The van der Waals surface area contributed by atoms with E-state index in [-0.39, 0.29) is 25.7 Å². The molecule has 3 saturated heterocycles. The van der Waals surface area contributed by atoms with Gasteiger partial charge >= 0.3 is 6.09 Å². The highest BCUT2D eigenvalue weighted by Crippen LogP contribution is 2.39. The lowest BCUT2D eigenvalue weighted by Gasteiger charge is -2.49. The average Bonchev–Trinajstić information content (AvgIpc) is 3.04. The molecule has 1 amide bonds. The number of nitrogens with one attached hydrogen (secondary N) is 1. The summed E-state index contributed by atoms with van der Waals surface area (Å²) >= 11 is 0. The monoisotopic (exact) mass is 659 g/mol. The van der Waals surface area contributed by atoms with Crippen LogP contribution in [0.5, 0.6) is 0 Å². The Bertz CT molecular complexity index is 763. The van der Waals surface area contributed by atoms with Gasteiger partial charge in [-0.25, -0.2) is 4.79 Å². The number of carbonyl (C=O) groups is 1. The lowest BCUT2D eigenvalue weighted by molar-refractivity contribution is -0.942. The first-order chi connectivity index (χ1) is 21.9. The number of hydrogen-bond donors (Lipinski definition) is 1. The molecule has 2 unspecified atom stereocenters. The quantitative estimate of drug-likeness (QED) is 0.0469. The number of fused-ring (bicyclic) bond motifs is 3. The van der Waals surface area contributed by atoms with E-state index in [2.05, 4.69) is 12.2 Å². The molecule has 0 aliphatic carbocycles. The molecule has 3 heterocycles. The zero-order valence-electron chi connectivity index (χ0n) is 29.4. The Balaban J connectivity index is 1.39. The van der Waals surface area contributed by atoms with E-state index in [1.54, 1.807) is 0 Å². The molecule has 0 spiro atoms. The van der Waals surface area contributed by atoms with Crippen molar-refractivity contribution in [3.05, 3.63) is 0 Å². The minimum absolute atomic E-state index is 0.0256. The molecule has 3 aliphatic heterocycles. The highest BCUT2D eigenvalue weighted by molar-refractivity contribution is 7.45. The molecule has 0 aromatic rings. The number of phosphoric ester groups is 1. The first-order valence-corrected chi connectivity index (χ1v) is 20.7. The van der Waals surface area contributed by atoms with Crippen LogP contribution >= 0.6 is 7.82 Å². The molecule has 0 radical (unpaired) electrons. The number of ether oxygens (including phenoxy) is 1. The van der Waals surface area contributed by atoms with Gasteiger partial charge in [0.05, 0.1) is 46.0 Å². The predicted molar refractivity (Wildman–Crippen MR) is 183 cm³/mol. The molecule has 3 rings (SSSR count). The van der Waals surface area contributed by atoms with Gasteiger partial charge in [-0.2, -0.15) is 0 Å². The van der Waals surface area contributed by atoms with Crippen molar-refractivity contribution in [2.45, 2.75) is 162 Å². The Morgan fingerprint density at radius 1 is 0.733 bits per heavy atom. The van der Waals surface area contributed by atoms with Gasteiger partial charge in [-0.1, -0.05) is 117 Å². The first kappa shape index (κ1) is 40.5. The number of amides is 1. The van der Waals surface area contributed by atoms with Crippen LogP contribution in [0, 0.1) is 11.8 Å². The second-order valence-electron chi connectivity index (χ2n) is 14.2. The molecular weight excluding hydrogens is 587 g/mol. The maximum absolute atomic E-state index is 12.3. The topological polar surface area (TPSA) is 96.9 Å². The summed E-state index contributed by atoms with van der Waals surface area (Å²) in [6, 6.07) is 0. The Labute approximate surface area is 277 Å². The van der Waals surface area contributed by atoms with Crippen LogP contribution in [0.2, 0.25) is 0 Å². The first-order valence-electron chi connectivity index (χ1n) is 19.2. The lowest BCUT2D eigenvalue weighted by atomic mass is 9.85. The van der Waals surface area contributed by atoms with Crippen LogP contribution in [-0.2, 0) is 18.3 Å². The number of piperidine rings is 3. The molecule has 45 heavy (non-hydrogen) atoms. The standard InChI is InChI=1S/C36H71N2O6P/c1-3-5-6-7-8-9-10-11-12-13-14-15-16-17-18-19-26-37-36(39)42-32-35(22-4-2)33-44-45(40,41)43-31-21-20-27-38-28-23-34(24-29-38)25-30-38/h34-35H,3-33H2,1-2H3,(H-,37,39,40,41). The van der Waals surface area contributed by atoms with Gasteiger partial charge in [-0.3, -0.25) is 4.57 Å². The molecule has 0 saturated carbocycles. The van der Waals surface area contributed by atoms with E-state index in [9.17, 15) is 14.3 Å². The molecule has 1 N–H and O–H groups in total. The fraction of sp³-hybridized carbons (Fsp3) is 0.972. The van der Waals surface area contributed by atoms with Crippen LogP contribution in [-0.4, -0.2) is 63.1 Å². The molecule has 2 bridgehead atoms. The van der Waals surface area contributed by atoms with Gasteiger partial charge < -0.3 is 28.5 Å². The highest BCUT2D eigenvalue weighted by atomic mass is 31.2. The molecular formula is C36H71N2O6P. The van der Waals surface area contributed by atoms with Crippen molar-refractivity contribution in [3.8, 4) is 0 Å². The van der Waals surface area contributed by atoms with Gasteiger partial charge in [0.2, 0.25) is 0 Å². The molecule has 0 aromatic carbocycles. The van der Waals surface area contributed by atoms with E-state index in [0.717, 1.165) is 44.6 Å². The van der Waals surface area contributed by atoms with Crippen LogP contribution in [0.25, 0.3) is 0 Å². The Hall–Kier alpha value is -0.660. The highest BCUT2D eigenvalue weighted by Gasteiger charge is 2.38. The van der Waals surface area contributed by atoms with E-state index in [0.29, 0.717) is 13.0 Å². The van der Waals surface area contributed by atoms with Crippen LogP contribution in [0.3, 0.4) is 0 Å². The van der Waals surface area contributed by atoms with Crippen molar-refractivity contribution in [1.82, 2.24) is 5.32 Å². The van der Waals surface area contributed by atoms with Crippen LogP contribution in [0.4, 0.5) is 4.79 Å². The molecule has 8 nitrogen and oxygen atoms in total. The minimum atomic E-state index is -4.37. The Morgan fingerprint density at radius 2 is 1.27 bits per heavy atom. The van der Waals surface area contributed by atoms with Gasteiger partial charge in [0.15, 0.2) is 0 Å². The maximum Gasteiger partial charge on any atom is 0.407 e. The van der Waals surface area contributed by atoms with Crippen molar-refractivity contribution < 1.29 is 32.5 Å². The van der Waals surface area contributed by atoms with E-state index in [4.69, 9.17) is 13.8 Å². The third kappa shape index (κ3) is 20.3. The zero-order chi connectivity index (χ0) is 32.5. The number of unbranched alkanes of at least 4 members (excludes halogenated alkanes) is 16. The zero-order valence-corrected chi connectivity index (χ0v) is 30.3. The third-order valence-electron chi connectivity index (χ3n) is 10.2. The van der Waals surface area contributed by atoms with E-state index >= 15 is 0 Å². The van der Waals surface area contributed by atoms with Crippen molar-refractivity contribution >= 4 is 13.9 Å². The lowest BCUT2D eigenvalue weighted by Crippen LogP contribution is -2.58. The molecule has 0 aromatic heterocycles. The van der Waals surface area contributed by atoms with Crippen LogP contribution in [0.15, 0.2) is 0 Å². The fourth-order valence-electron chi connectivity index (χ4n) is 7.16. The predicted octanol–water partition coefficient (Wildman–Crippen LogP) is 9.30. The average molecular weight is 659 g/mol. The van der Waals surface area contributed by atoms with Gasteiger partial charge in [0.25, 0.3) is 7.82 Å². The summed E-state index contributed by atoms with van der Waals surface area (Å²) in [6.07, 6.45) is 28.0. The van der Waals surface area contributed by atoms with Crippen molar-refractivity contribution in [2.24, 2.45) is 11.8 Å². The number of phosphoric acid groups is 1. The smallest absolute Gasteiger partial charge is 0.407 e. The molecule has 9 heteroatoms. The van der Waals surface area contributed by atoms with Crippen LogP contribution in [0.1, 0.15) is 162 Å². The fourth-order valence-corrected chi connectivity index (χ4v) is 7.98. The van der Waals surface area contributed by atoms with E-state index in [1.165, 1.54) is 133 Å². The van der Waals surface area contributed by atoms with Gasteiger partial charge in [0, 0.05) is 12.5 Å². The SMILES string of the molecule is CCCCCCCCCCCCCCCCCCNC(=O)OCC(CCC)COP(=O)([O-])OCCCC[N+]12CCC(CC1)CC2. The largest absolute Gasteiger partial charge is 0.756 e.